The molecule has 3 aromatic carbocycles. The van der Waals surface area contributed by atoms with Gasteiger partial charge in [-0.25, -0.2) is 4.79 Å². The lowest BCUT2D eigenvalue weighted by molar-refractivity contribution is -0.305. The number of nitrogens with one attached hydrogen (secondary N) is 2. The molecular formula is C35H40N2O12. The van der Waals surface area contributed by atoms with Gasteiger partial charge < -0.3 is 64.6 Å². The Morgan fingerprint density at radius 1 is 1.06 bits per heavy atom. The lowest BCUT2D eigenvalue weighted by atomic mass is 9.64. The fraction of sp³-hybridized carbons (Fsp3) is 0.457. The minimum absolute atomic E-state index is 0.0179. The molecule has 262 valence electrons. The van der Waals surface area contributed by atoms with Gasteiger partial charge in [-0.2, -0.15) is 0 Å². The van der Waals surface area contributed by atoms with Gasteiger partial charge in [0.25, 0.3) is 0 Å². The van der Waals surface area contributed by atoms with Crippen molar-refractivity contribution >= 4 is 5.97 Å². The quantitative estimate of drug-likeness (QED) is 0.173. The first-order valence-electron chi connectivity index (χ1n) is 16.0. The van der Waals surface area contributed by atoms with E-state index in [1.54, 1.807) is 44.6 Å². The van der Waals surface area contributed by atoms with E-state index in [9.17, 15) is 30.3 Å². The van der Waals surface area contributed by atoms with Crippen LogP contribution >= 0.6 is 0 Å². The van der Waals surface area contributed by atoms with Gasteiger partial charge in [0.1, 0.15) is 48.3 Å². The molecule has 1 spiro atoms. The number of phenols is 1. The van der Waals surface area contributed by atoms with Gasteiger partial charge in [0.15, 0.2) is 11.5 Å². The van der Waals surface area contributed by atoms with E-state index in [1.165, 1.54) is 7.05 Å². The number of carboxylic acids is 1. The van der Waals surface area contributed by atoms with Gasteiger partial charge in [-0.1, -0.05) is 12.1 Å². The Hall–Kier alpha value is -4.31. The van der Waals surface area contributed by atoms with Crippen molar-refractivity contribution in [1.29, 1.82) is 0 Å². The van der Waals surface area contributed by atoms with Crippen molar-refractivity contribution in [3.63, 3.8) is 0 Å². The van der Waals surface area contributed by atoms with Crippen LogP contribution in [0, 0.1) is 0 Å². The van der Waals surface area contributed by atoms with Crippen LogP contribution in [-0.4, -0.2) is 103 Å². The summed E-state index contributed by atoms with van der Waals surface area (Å²) in [5.74, 6) is 0.558. The van der Waals surface area contributed by atoms with E-state index in [2.05, 4.69) is 10.6 Å². The summed E-state index contributed by atoms with van der Waals surface area (Å²) >= 11 is 0. The van der Waals surface area contributed by atoms with Gasteiger partial charge in [-0.3, -0.25) is 0 Å². The number of aliphatic hydroxyl groups is 3. The molecule has 7 rings (SSSR count). The molecule has 0 unspecified atom stereocenters. The van der Waals surface area contributed by atoms with E-state index >= 15 is 0 Å². The number of benzene rings is 3. The third-order valence-electron chi connectivity index (χ3n) is 10.3. The maximum atomic E-state index is 12.4. The standard InChI is InChI=1S/C35H40N2O12/c1-36-14-35(33(42)43)30(41)26(39)27(40)32(49-35)47-18-11-19(16-6-5-7-17(38)10-16)24-22(12-18)46-15-34-9-8-21(37-2)20-13-23(44-3)28(45-4)29(25(20)34)48-31(24)34/h5-7,10-13,21,26-27,30-32,36-41H,8-9,14-15H2,1-4H3,(H,42,43)/t21-,26+,27+,30-,31-,32+,34-,35-/m0/s1. The number of aliphatic carboxylic acids is 1. The zero-order chi connectivity index (χ0) is 34.8. The first-order chi connectivity index (χ1) is 23.5. The Morgan fingerprint density at radius 3 is 2.53 bits per heavy atom. The van der Waals surface area contributed by atoms with Crippen LogP contribution in [0.3, 0.4) is 0 Å². The number of methoxy groups -OCH3 is 2. The molecular weight excluding hydrogens is 640 g/mol. The Kier molecular flexibility index (Phi) is 8.29. The molecule has 0 aromatic heterocycles. The number of fused-ring (bicyclic) bond motifs is 2. The molecule has 0 radical (unpaired) electrons. The third-order valence-corrected chi connectivity index (χ3v) is 10.3. The van der Waals surface area contributed by atoms with E-state index in [4.69, 9.17) is 28.4 Å². The highest BCUT2D eigenvalue weighted by atomic mass is 16.7. The molecule has 0 amide bonds. The summed E-state index contributed by atoms with van der Waals surface area (Å²) in [4.78, 5) is 12.4. The SMILES string of the molecule is CNC[C@]1(C(=O)O)O[C@@H](Oc2cc3c(c(-c4cccc(O)c4)c2)[C@@H]2Oc4c(OC)c(OC)cc5c4[C@]2(CC[C@@H]5NC)CO3)[C@H](O)[C@@H](O)[C@@H]1O. The summed E-state index contributed by atoms with van der Waals surface area (Å²) in [5, 5.41) is 58.9. The van der Waals surface area contributed by atoms with Crippen LogP contribution in [0.5, 0.6) is 34.5 Å². The van der Waals surface area contributed by atoms with Gasteiger partial charge in [0, 0.05) is 29.8 Å². The Labute approximate surface area is 282 Å². The summed E-state index contributed by atoms with van der Waals surface area (Å²) in [6.45, 7) is -0.140. The first-order valence-corrected chi connectivity index (χ1v) is 16.0. The van der Waals surface area contributed by atoms with E-state index < -0.39 is 47.7 Å². The van der Waals surface area contributed by atoms with Crippen LogP contribution in [0.25, 0.3) is 11.1 Å². The Bertz CT molecular complexity index is 1790. The average Bonchev–Trinajstić information content (AvgIpc) is 3.45. The zero-order valence-electron chi connectivity index (χ0n) is 27.4. The molecule has 3 heterocycles. The molecule has 3 aromatic rings. The van der Waals surface area contributed by atoms with Crippen LogP contribution in [0.2, 0.25) is 0 Å². The number of ether oxygens (including phenoxy) is 6. The van der Waals surface area contributed by atoms with Crippen molar-refractivity contribution in [2.45, 2.75) is 60.6 Å². The lowest BCUT2D eigenvalue weighted by Crippen LogP contribution is -2.71. The zero-order valence-corrected chi connectivity index (χ0v) is 27.4. The molecule has 4 aliphatic rings. The predicted molar refractivity (Wildman–Crippen MR) is 172 cm³/mol. The summed E-state index contributed by atoms with van der Waals surface area (Å²) in [6.07, 6.45) is -6.40. The predicted octanol–water partition coefficient (Wildman–Crippen LogP) is 1.76. The number of aliphatic hydroxyl groups excluding tert-OH is 3. The molecule has 8 atom stereocenters. The minimum atomic E-state index is -2.32. The topological polar surface area (TPSA) is 198 Å². The van der Waals surface area contributed by atoms with Crippen molar-refractivity contribution in [3.05, 3.63) is 59.2 Å². The molecule has 0 saturated carbocycles. The molecule has 1 aliphatic carbocycles. The molecule has 14 nitrogen and oxygen atoms in total. The number of aromatic hydroxyl groups is 1. The largest absolute Gasteiger partial charge is 0.508 e. The molecule has 1 fully saturated rings. The van der Waals surface area contributed by atoms with Crippen LogP contribution in [-0.2, 0) is 14.9 Å². The summed E-state index contributed by atoms with van der Waals surface area (Å²) in [6, 6.07) is 11.9. The minimum Gasteiger partial charge on any atom is -0.508 e. The second-order valence-electron chi connectivity index (χ2n) is 12.9. The molecule has 14 heteroatoms. The van der Waals surface area contributed by atoms with E-state index in [0.717, 1.165) is 24.0 Å². The molecule has 3 aliphatic heterocycles. The Morgan fingerprint density at radius 2 is 1.86 bits per heavy atom. The van der Waals surface area contributed by atoms with Crippen molar-refractivity contribution in [3.8, 4) is 45.6 Å². The highest BCUT2D eigenvalue weighted by molar-refractivity contribution is 5.79. The van der Waals surface area contributed by atoms with Crippen molar-refractivity contribution in [2.75, 3.05) is 41.5 Å². The monoisotopic (exact) mass is 680 g/mol. The number of carbonyl (C=O) groups is 1. The maximum absolute atomic E-state index is 12.4. The summed E-state index contributed by atoms with van der Waals surface area (Å²) in [5.41, 5.74) is 0.954. The second-order valence-corrected chi connectivity index (χ2v) is 12.9. The van der Waals surface area contributed by atoms with Gasteiger partial charge in [0.2, 0.25) is 17.6 Å². The second kappa shape index (κ2) is 12.2. The maximum Gasteiger partial charge on any atom is 0.340 e. The fourth-order valence-electron chi connectivity index (χ4n) is 7.95. The van der Waals surface area contributed by atoms with Crippen LogP contribution in [0.4, 0.5) is 0 Å². The van der Waals surface area contributed by atoms with Crippen LogP contribution in [0.1, 0.15) is 41.7 Å². The van der Waals surface area contributed by atoms with Crippen molar-refractivity contribution in [1.82, 2.24) is 10.6 Å². The van der Waals surface area contributed by atoms with Crippen LogP contribution in [0.15, 0.2) is 42.5 Å². The highest BCUT2D eigenvalue weighted by Gasteiger charge is 2.60. The number of hydrogen-bond donors (Lipinski definition) is 7. The molecule has 0 bridgehead atoms. The van der Waals surface area contributed by atoms with Gasteiger partial charge >= 0.3 is 5.97 Å². The smallest absolute Gasteiger partial charge is 0.340 e. The molecule has 49 heavy (non-hydrogen) atoms. The average molecular weight is 681 g/mol. The number of rotatable bonds is 9. The number of hydrogen-bond acceptors (Lipinski definition) is 13. The number of carboxylic acid groups (broad SMARTS) is 1. The van der Waals surface area contributed by atoms with Crippen molar-refractivity contribution in [2.24, 2.45) is 0 Å². The number of phenolic OH excluding ortho intramolecular Hbond substituents is 1. The fourth-order valence-corrected chi connectivity index (χ4v) is 7.95. The Balaban J connectivity index is 1.37. The van der Waals surface area contributed by atoms with Gasteiger partial charge in [-0.05, 0) is 67.9 Å². The summed E-state index contributed by atoms with van der Waals surface area (Å²) in [7, 11) is 6.53. The van der Waals surface area contributed by atoms with Crippen molar-refractivity contribution < 1.29 is 58.7 Å². The van der Waals surface area contributed by atoms with Gasteiger partial charge in [0.05, 0.1) is 19.6 Å². The third kappa shape index (κ3) is 4.88. The molecule has 7 N–H and O–H groups in total. The molecule has 1 saturated heterocycles. The van der Waals surface area contributed by atoms with E-state index in [1.807, 2.05) is 19.2 Å². The van der Waals surface area contributed by atoms with E-state index in [0.29, 0.717) is 39.7 Å². The normalized spacial score (nSPS) is 31.0. The lowest BCUT2D eigenvalue weighted by Gasteiger charge is -2.46. The first kappa shape index (κ1) is 33.2. The van der Waals surface area contributed by atoms with Crippen LogP contribution < -0.4 is 34.3 Å². The number of likely N-dealkylation sites (N-methyl/N-ethyl adjacent to an activating group) is 1. The van der Waals surface area contributed by atoms with E-state index in [-0.39, 0.29) is 30.7 Å². The summed E-state index contributed by atoms with van der Waals surface area (Å²) < 4.78 is 36.9. The van der Waals surface area contributed by atoms with Gasteiger partial charge in [-0.15, -0.1) is 0 Å². The highest BCUT2D eigenvalue weighted by Crippen LogP contribution is 2.66.